The first-order valence-corrected chi connectivity index (χ1v) is 3.19. The predicted molar refractivity (Wildman–Crippen MR) is 27.4 cm³/mol. The predicted octanol–water partition coefficient (Wildman–Crippen LogP) is -1.34. The van der Waals surface area contributed by atoms with E-state index in [1.165, 1.54) is 0 Å². The van der Waals surface area contributed by atoms with Gasteiger partial charge in [-0.15, -0.1) is 0 Å². The SMILES string of the molecule is N[C@@H](CO)O[PH](=O)O. The van der Waals surface area contributed by atoms with Crippen LogP contribution in [0.2, 0.25) is 0 Å². The van der Waals surface area contributed by atoms with E-state index >= 15 is 0 Å². The molecule has 0 aromatic carbocycles. The molecule has 0 spiro atoms. The van der Waals surface area contributed by atoms with Gasteiger partial charge in [0.2, 0.25) is 0 Å². The third kappa shape index (κ3) is 4.23. The molecule has 4 N–H and O–H groups in total. The van der Waals surface area contributed by atoms with Crippen molar-refractivity contribution in [1.82, 2.24) is 0 Å². The van der Waals surface area contributed by atoms with Crippen LogP contribution in [-0.4, -0.2) is 22.8 Å². The topological polar surface area (TPSA) is 92.8 Å². The first kappa shape index (κ1) is 8.07. The molecule has 0 saturated heterocycles. The van der Waals surface area contributed by atoms with Crippen molar-refractivity contribution in [2.75, 3.05) is 6.61 Å². The van der Waals surface area contributed by atoms with Crippen LogP contribution in [-0.2, 0) is 9.09 Å². The monoisotopic (exact) mass is 141 g/mol. The van der Waals surface area contributed by atoms with Gasteiger partial charge in [-0.3, -0.25) is 9.09 Å². The van der Waals surface area contributed by atoms with Crippen LogP contribution in [0.15, 0.2) is 0 Å². The van der Waals surface area contributed by atoms with E-state index in [4.69, 9.17) is 15.7 Å². The maximum absolute atomic E-state index is 9.74. The van der Waals surface area contributed by atoms with E-state index in [1.807, 2.05) is 0 Å². The molecule has 0 aromatic heterocycles. The van der Waals surface area contributed by atoms with Crippen LogP contribution in [0.25, 0.3) is 0 Å². The van der Waals surface area contributed by atoms with Crippen LogP contribution < -0.4 is 5.73 Å². The highest BCUT2D eigenvalue weighted by Crippen LogP contribution is 2.14. The quantitative estimate of drug-likeness (QED) is 0.334. The fourth-order valence-corrected chi connectivity index (χ4v) is 0.500. The molecule has 0 amide bonds. The first-order chi connectivity index (χ1) is 3.66. The molecule has 8 heavy (non-hydrogen) atoms. The summed E-state index contributed by atoms with van der Waals surface area (Å²) in [6, 6.07) is 0. The van der Waals surface area contributed by atoms with Crippen LogP contribution in [0.3, 0.4) is 0 Å². The zero-order chi connectivity index (χ0) is 6.57. The Labute approximate surface area is 47.0 Å². The van der Waals surface area contributed by atoms with E-state index in [0.29, 0.717) is 0 Å². The largest absolute Gasteiger partial charge is 0.392 e. The lowest BCUT2D eigenvalue weighted by molar-refractivity contribution is 0.116. The Morgan fingerprint density at radius 2 is 2.38 bits per heavy atom. The van der Waals surface area contributed by atoms with Gasteiger partial charge in [-0.05, 0) is 0 Å². The zero-order valence-corrected chi connectivity index (χ0v) is 5.07. The van der Waals surface area contributed by atoms with Crippen molar-refractivity contribution in [3.8, 4) is 0 Å². The Morgan fingerprint density at radius 1 is 1.88 bits per heavy atom. The minimum Gasteiger partial charge on any atom is -0.392 e. The van der Waals surface area contributed by atoms with E-state index in [-0.39, 0.29) is 0 Å². The van der Waals surface area contributed by atoms with Gasteiger partial charge >= 0.3 is 8.25 Å². The van der Waals surface area contributed by atoms with Gasteiger partial charge in [0.25, 0.3) is 0 Å². The molecular formula is C2H8NO4P. The number of nitrogens with two attached hydrogens (primary N) is 1. The third-order valence-electron chi connectivity index (χ3n) is 0.432. The van der Waals surface area contributed by atoms with Gasteiger partial charge in [-0.1, -0.05) is 0 Å². The maximum atomic E-state index is 9.74. The Hall–Kier alpha value is 0.0700. The van der Waals surface area contributed by atoms with Crippen LogP contribution in [0.4, 0.5) is 0 Å². The van der Waals surface area contributed by atoms with Gasteiger partial charge < -0.3 is 15.7 Å². The molecular weight excluding hydrogens is 133 g/mol. The summed E-state index contributed by atoms with van der Waals surface area (Å²) < 4.78 is 13.8. The molecule has 0 fully saturated rings. The molecule has 0 aliphatic heterocycles. The fraction of sp³-hybridized carbons (Fsp3) is 1.00. The van der Waals surface area contributed by atoms with Gasteiger partial charge in [0, 0.05) is 0 Å². The van der Waals surface area contributed by atoms with Crippen molar-refractivity contribution in [2.24, 2.45) is 5.73 Å². The molecule has 0 saturated carbocycles. The molecule has 6 heteroatoms. The van der Waals surface area contributed by atoms with E-state index in [0.717, 1.165) is 0 Å². The van der Waals surface area contributed by atoms with Crippen LogP contribution in [0.5, 0.6) is 0 Å². The molecule has 0 radical (unpaired) electrons. The highest BCUT2D eigenvalue weighted by atomic mass is 31.1. The van der Waals surface area contributed by atoms with Gasteiger partial charge in [0.1, 0.15) is 6.23 Å². The van der Waals surface area contributed by atoms with E-state index < -0.39 is 21.1 Å². The van der Waals surface area contributed by atoms with E-state index in [1.54, 1.807) is 0 Å². The van der Waals surface area contributed by atoms with Crippen molar-refractivity contribution in [1.29, 1.82) is 0 Å². The summed E-state index contributed by atoms with van der Waals surface area (Å²) in [6.07, 6.45) is -1.04. The van der Waals surface area contributed by atoms with Gasteiger partial charge in [-0.25, -0.2) is 0 Å². The molecule has 0 aliphatic carbocycles. The second-order valence-electron chi connectivity index (χ2n) is 1.10. The minimum absolute atomic E-state index is 0.447. The van der Waals surface area contributed by atoms with Crippen molar-refractivity contribution < 1.29 is 19.1 Å². The number of aliphatic hydroxyl groups is 1. The summed E-state index contributed by atoms with van der Waals surface area (Å²) in [7, 11) is -2.98. The van der Waals surface area contributed by atoms with E-state index in [9.17, 15) is 4.57 Å². The van der Waals surface area contributed by atoms with Gasteiger partial charge in [0.05, 0.1) is 6.61 Å². The molecule has 1 unspecified atom stereocenters. The summed E-state index contributed by atoms with van der Waals surface area (Å²) in [4.78, 5) is 7.99. The molecule has 0 rings (SSSR count). The lowest BCUT2D eigenvalue weighted by atomic mass is 10.7. The standard InChI is InChI=1S/C2H8NO4P/c3-2(1-4)7-8(5)6/h2,4,8H,1,3H2,(H,5,6)/t2-/m1/s1. The molecule has 50 valence electrons. The van der Waals surface area contributed by atoms with E-state index in [2.05, 4.69) is 4.52 Å². The third-order valence-corrected chi connectivity index (χ3v) is 0.937. The Bertz CT molecular complexity index is 86.1. The van der Waals surface area contributed by atoms with Gasteiger partial charge in [-0.2, -0.15) is 0 Å². The lowest BCUT2D eigenvalue weighted by Crippen LogP contribution is -2.24. The van der Waals surface area contributed by atoms with Crippen LogP contribution >= 0.6 is 8.25 Å². The number of hydrogen-bond acceptors (Lipinski definition) is 4. The normalized spacial score (nSPS) is 17.9. The zero-order valence-electron chi connectivity index (χ0n) is 4.07. The van der Waals surface area contributed by atoms with Crippen molar-refractivity contribution in [3.63, 3.8) is 0 Å². The average molecular weight is 141 g/mol. The average Bonchev–Trinajstić information content (AvgIpc) is 1.65. The summed E-state index contributed by atoms with van der Waals surface area (Å²) in [5.74, 6) is 0. The summed E-state index contributed by atoms with van der Waals surface area (Å²) in [6.45, 7) is -0.447. The van der Waals surface area contributed by atoms with Crippen LogP contribution in [0, 0.1) is 0 Å². The molecule has 0 bridgehead atoms. The molecule has 2 atom stereocenters. The number of rotatable bonds is 3. The minimum atomic E-state index is -2.98. The molecule has 5 nitrogen and oxygen atoms in total. The smallest absolute Gasteiger partial charge is 0.318 e. The highest BCUT2D eigenvalue weighted by Gasteiger charge is 2.00. The Balaban J connectivity index is 3.24. The number of aliphatic hydroxyl groups excluding tert-OH is 1. The van der Waals surface area contributed by atoms with Crippen molar-refractivity contribution >= 4 is 8.25 Å². The molecule has 0 aromatic rings. The van der Waals surface area contributed by atoms with Gasteiger partial charge in [0.15, 0.2) is 0 Å². The second kappa shape index (κ2) is 4.00. The second-order valence-corrected chi connectivity index (χ2v) is 1.87. The summed E-state index contributed by atoms with van der Waals surface area (Å²) in [5, 5.41) is 8.10. The summed E-state index contributed by atoms with van der Waals surface area (Å²) >= 11 is 0. The lowest BCUT2D eigenvalue weighted by Gasteiger charge is -2.03. The first-order valence-electron chi connectivity index (χ1n) is 1.93. The highest BCUT2D eigenvalue weighted by molar-refractivity contribution is 7.32. The van der Waals surface area contributed by atoms with Crippen LogP contribution in [0.1, 0.15) is 0 Å². The summed E-state index contributed by atoms with van der Waals surface area (Å²) in [5.41, 5.74) is 4.87. The fourth-order valence-electron chi connectivity index (χ4n) is 0.167. The maximum Gasteiger partial charge on any atom is 0.318 e. The molecule has 0 heterocycles. The number of hydrogen-bond donors (Lipinski definition) is 3. The molecule has 0 aliphatic rings. The van der Waals surface area contributed by atoms with Crippen molar-refractivity contribution in [3.05, 3.63) is 0 Å². The van der Waals surface area contributed by atoms with Crippen molar-refractivity contribution in [2.45, 2.75) is 6.23 Å². The Morgan fingerprint density at radius 3 is 2.50 bits per heavy atom. The Kier molecular flexibility index (Phi) is 4.03.